The van der Waals surface area contributed by atoms with Crippen LogP contribution in [0, 0.1) is 0 Å². The number of hydrogen-bond acceptors (Lipinski definition) is 3. The Morgan fingerprint density at radius 1 is 1.40 bits per heavy atom. The standard InChI is InChI=1S/C15H22FN3O/c1-5-13(16)15(17-11(3)4)18-12-8-7-9-19(10-12)14(20)6-2/h5-6,12,18H,1-2,7-10H2,3-4H3/b15-13-/t12-/m1/s1. The normalized spacial score (nSPS) is 19.8. The van der Waals surface area contributed by atoms with E-state index in [0.29, 0.717) is 13.1 Å². The molecule has 0 unspecified atom stereocenters. The summed E-state index contributed by atoms with van der Waals surface area (Å²) in [5.74, 6) is -0.405. The smallest absolute Gasteiger partial charge is 0.246 e. The largest absolute Gasteiger partial charge is 0.363 e. The zero-order valence-electron chi connectivity index (χ0n) is 12.2. The number of likely N-dealkylation sites (tertiary alicyclic amines) is 1. The van der Waals surface area contributed by atoms with E-state index in [0.717, 1.165) is 24.6 Å². The first-order valence-corrected chi connectivity index (χ1v) is 6.70. The third kappa shape index (κ3) is 4.64. The molecule has 20 heavy (non-hydrogen) atoms. The van der Waals surface area contributed by atoms with Gasteiger partial charge in [0, 0.05) is 24.8 Å². The molecular formula is C15H22FN3O. The molecule has 1 N–H and O–H groups in total. The number of halogens is 1. The maximum Gasteiger partial charge on any atom is 0.246 e. The van der Waals surface area contributed by atoms with Crippen molar-refractivity contribution in [2.45, 2.75) is 32.7 Å². The Labute approximate surface area is 119 Å². The van der Waals surface area contributed by atoms with Crippen molar-refractivity contribution in [1.82, 2.24) is 10.2 Å². The zero-order chi connectivity index (χ0) is 15.1. The van der Waals surface area contributed by atoms with E-state index in [2.05, 4.69) is 23.5 Å². The third-order valence-corrected chi connectivity index (χ3v) is 2.99. The quantitative estimate of drug-likeness (QED) is 0.477. The number of rotatable bonds is 5. The minimum absolute atomic E-state index is 0.0172. The molecule has 1 atom stereocenters. The zero-order valence-corrected chi connectivity index (χ0v) is 12.2. The Balaban J connectivity index is 2.79. The number of piperidine rings is 1. The van der Waals surface area contributed by atoms with Gasteiger partial charge in [0.1, 0.15) is 0 Å². The fourth-order valence-electron chi connectivity index (χ4n) is 2.09. The maximum absolute atomic E-state index is 13.7. The molecule has 110 valence electrons. The molecule has 5 heteroatoms. The lowest BCUT2D eigenvalue weighted by molar-refractivity contribution is -0.127. The van der Waals surface area contributed by atoms with Gasteiger partial charge >= 0.3 is 0 Å². The highest BCUT2D eigenvalue weighted by Crippen LogP contribution is 2.15. The predicted molar refractivity (Wildman–Crippen MR) is 80.0 cm³/mol. The summed E-state index contributed by atoms with van der Waals surface area (Å²) in [4.78, 5) is 17.5. The van der Waals surface area contributed by atoms with E-state index >= 15 is 0 Å². The number of amides is 1. The Hall–Kier alpha value is -1.91. The van der Waals surface area contributed by atoms with Gasteiger partial charge in [0.15, 0.2) is 11.6 Å². The predicted octanol–water partition coefficient (Wildman–Crippen LogP) is 2.56. The van der Waals surface area contributed by atoms with Crippen molar-refractivity contribution in [2.24, 2.45) is 4.99 Å². The molecule has 0 spiro atoms. The first-order chi connectivity index (χ1) is 9.47. The van der Waals surface area contributed by atoms with E-state index in [1.807, 2.05) is 0 Å². The molecule has 0 aromatic carbocycles. The molecule has 1 aliphatic rings. The topological polar surface area (TPSA) is 44.7 Å². The Morgan fingerprint density at radius 2 is 2.10 bits per heavy atom. The molecule has 1 amide bonds. The first-order valence-electron chi connectivity index (χ1n) is 6.70. The van der Waals surface area contributed by atoms with Crippen molar-refractivity contribution in [3.05, 3.63) is 37.0 Å². The average Bonchev–Trinajstić information content (AvgIpc) is 2.44. The van der Waals surface area contributed by atoms with E-state index in [4.69, 9.17) is 0 Å². The molecule has 1 aliphatic heterocycles. The van der Waals surface area contributed by atoms with Gasteiger partial charge in [-0.3, -0.25) is 4.79 Å². The van der Waals surface area contributed by atoms with Crippen LogP contribution in [-0.2, 0) is 4.79 Å². The lowest BCUT2D eigenvalue weighted by atomic mass is 10.1. The van der Waals surface area contributed by atoms with Crippen LogP contribution in [0.25, 0.3) is 0 Å². The SMILES string of the molecule is C=CC(=O)N1CCC[C@@H](N/C(N=C(C)C)=C(\F)C=C)C1. The van der Waals surface area contributed by atoms with E-state index in [9.17, 15) is 9.18 Å². The van der Waals surface area contributed by atoms with Crippen LogP contribution in [0.5, 0.6) is 0 Å². The summed E-state index contributed by atoms with van der Waals surface area (Å²) < 4.78 is 13.7. The van der Waals surface area contributed by atoms with Gasteiger partial charge in [-0.2, -0.15) is 0 Å². The molecule has 0 saturated carbocycles. The molecule has 0 aromatic rings. The second-order valence-electron chi connectivity index (χ2n) is 4.93. The van der Waals surface area contributed by atoms with Gasteiger partial charge in [-0.15, -0.1) is 0 Å². The minimum atomic E-state index is -0.488. The summed E-state index contributed by atoms with van der Waals surface area (Å²) in [5.41, 5.74) is 0.749. The molecule has 1 saturated heterocycles. The van der Waals surface area contributed by atoms with Crippen molar-refractivity contribution in [1.29, 1.82) is 0 Å². The van der Waals surface area contributed by atoms with Gasteiger partial charge in [0.05, 0.1) is 0 Å². The van der Waals surface area contributed by atoms with E-state index in [-0.39, 0.29) is 17.8 Å². The lowest BCUT2D eigenvalue weighted by Crippen LogP contribution is -2.47. The van der Waals surface area contributed by atoms with Crippen LogP contribution in [-0.4, -0.2) is 35.7 Å². The van der Waals surface area contributed by atoms with Crippen molar-refractivity contribution < 1.29 is 9.18 Å². The van der Waals surface area contributed by atoms with Gasteiger partial charge in [-0.1, -0.05) is 13.2 Å². The highest BCUT2D eigenvalue weighted by Gasteiger charge is 2.23. The fourth-order valence-corrected chi connectivity index (χ4v) is 2.09. The summed E-state index contributed by atoms with van der Waals surface area (Å²) in [5, 5.41) is 3.06. The van der Waals surface area contributed by atoms with Crippen LogP contribution in [0.3, 0.4) is 0 Å². The number of carbonyl (C=O) groups excluding carboxylic acids is 1. The maximum atomic E-state index is 13.7. The molecule has 1 fully saturated rings. The number of nitrogens with one attached hydrogen (secondary N) is 1. The summed E-state index contributed by atoms with van der Waals surface area (Å²) in [7, 11) is 0. The van der Waals surface area contributed by atoms with Gasteiger partial charge in [-0.25, -0.2) is 9.38 Å². The Kier molecular flexibility index (Phi) is 6.15. The first kappa shape index (κ1) is 16.1. The molecule has 0 aromatic heterocycles. The minimum Gasteiger partial charge on any atom is -0.363 e. The van der Waals surface area contributed by atoms with Crippen LogP contribution in [0.2, 0.25) is 0 Å². The van der Waals surface area contributed by atoms with E-state index in [1.54, 1.807) is 18.7 Å². The van der Waals surface area contributed by atoms with Crippen LogP contribution in [0.4, 0.5) is 4.39 Å². The van der Waals surface area contributed by atoms with Crippen LogP contribution in [0.1, 0.15) is 26.7 Å². The number of allylic oxidation sites excluding steroid dienone is 2. The summed E-state index contributed by atoms with van der Waals surface area (Å²) in [6.45, 7) is 11.7. The lowest BCUT2D eigenvalue weighted by Gasteiger charge is -2.33. The molecule has 1 heterocycles. The highest BCUT2D eigenvalue weighted by molar-refractivity contribution is 5.87. The van der Waals surface area contributed by atoms with Gasteiger partial charge in [0.2, 0.25) is 5.91 Å². The van der Waals surface area contributed by atoms with Crippen molar-refractivity contribution in [3.8, 4) is 0 Å². The molecular weight excluding hydrogens is 257 g/mol. The number of nitrogens with zero attached hydrogens (tertiary/aromatic N) is 2. The summed E-state index contributed by atoms with van der Waals surface area (Å²) in [6, 6.07) is -0.0172. The van der Waals surface area contributed by atoms with Crippen LogP contribution < -0.4 is 5.32 Å². The van der Waals surface area contributed by atoms with Crippen LogP contribution in [0.15, 0.2) is 42.0 Å². The monoisotopic (exact) mass is 279 g/mol. The molecule has 0 radical (unpaired) electrons. The molecule has 4 nitrogen and oxygen atoms in total. The second kappa shape index (κ2) is 7.62. The Morgan fingerprint density at radius 3 is 2.65 bits per heavy atom. The molecule has 0 aliphatic carbocycles. The average molecular weight is 279 g/mol. The molecule has 1 rings (SSSR count). The van der Waals surface area contributed by atoms with Crippen molar-refractivity contribution in [2.75, 3.05) is 13.1 Å². The van der Waals surface area contributed by atoms with Crippen molar-refractivity contribution in [3.63, 3.8) is 0 Å². The number of carbonyl (C=O) groups is 1. The number of hydrogen-bond donors (Lipinski definition) is 1. The van der Waals surface area contributed by atoms with E-state index < -0.39 is 5.83 Å². The highest BCUT2D eigenvalue weighted by atomic mass is 19.1. The third-order valence-electron chi connectivity index (χ3n) is 2.99. The van der Waals surface area contributed by atoms with Gasteiger partial charge < -0.3 is 10.2 Å². The van der Waals surface area contributed by atoms with Crippen LogP contribution >= 0.6 is 0 Å². The van der Waals surface area contributed by atoms with Gasteiger partial charge in [-0.05, 0) is 38.8 Å². The second-order valence-corrected chi connectivity index (χ2v) is 4.93. The fraction of sp³-hybridized carbons (Fsp3) is 0.467. The summed E-state index contributed by atoms with van der Waals surface area (Å²) >= 11 is 0. The number of aliphatic imine (C=N–C) groups is 1. The van der Waals surface area contributed by atoms with Crippen molar-refractivity contribution >= 4 is 11.6 Å². The van der Waals surface area contributed by atoms with Gasteiger partial charge in [0.25, 0.3) is 0 Å². The molecule has 0 bridgehead atoms. The van der Waals surface area contributed by atoms with E-state index in [1.165, 1.54) is 6.08 Å². The Bertz CT molecular complexity index is 450. The summed E-state index contributed by atoms with van der Waals surface area (Å²) in [6.07, 6.45) is 4.17.